The normalized spacial score (nSPS) is 13.8. The molecule has 3 aromatic rings. The summed E-state index contributed by atoms with van der Waals surface area (Å²) >= 11 is 0. The first kappa shape index (κ1) is 19.9. The summed E-state index contributed by atoms with van der Waals surface area (Å²) in [6.07, 6.45) is -4.51. The van der Waals surface area contributed by atoms with Gasteiger partial charge in [0.15, 0.2) is 0 Å². The summed E-state index contributed by atoms with van der Waals surface area (Å²) in [5.41, 5.74) is 5.97. The first-order chi connectivity index (χ1) is 12.9. The van der Waals surface area contributed by atoms with Crippen LogP contribution in [0.4, 0.5) is 19.1 Å². The Balaban J connectivity index is 1.85. The van der Waals surface area contributed by atoms with Crippen molar-refractivity contribution in [3.05, 3.63) is 57.5 Å². The van der Waals surface area contributed by atoms with E-state index in [2.05, 4.69) is 20.4 Å². The molecule has 0 aliphatic rings. The highest BCUT2D eigenvalue weighted by molar-refractivity contribution is 5.34. The minimum Gasteiger partial charge on any atom is -0.368 e. The van der Waals surface area contributed by atoms with Crippen molar-refractivity contribution in [2.24, 2.45) is 0 Å². The highest BCUT2D eigenvalue weighted by atomic mass is 19.4. The lowest BCUT2D eigenvalue weighted by atomic mass is 9.86. The molecule has 150 valence electrons. The molecule has 0 saturated heterocycles. The van der Waals surface area contributed by atoms with Crippen molar-refractivity contribution in [3.63, 3.8) is 0 Å². The van der Waals surface area contributed by atoms with E-state index in [1.54, 1.807) is 12.1 Å². The largest absolute Gasteiger partial charge is 0.407 e. The number of benzene rings is 1. The molecule has 2 aromatic heterocycles. The monoisotopic (exact) mass is 394 g/mol. The maximum absolute atomic E-state index is 13.6. The Kier molecular flexibility index (Phi) is 4.92. The lowest BCUT2D eigenvalue weighted by Crippen LogP contribution is -2.34. The van der Waals surface area contributed by atoms with Gasteiger partial charge in [0.1, 0.15) is 6.04 Å². The third-order valence-electron chi connectivity index (χ3n) is 4.33. The predicted octanol–water partition coefficient (Wildman–Crippen LogP) is 2.69. The first-order valence-corrected chi connectivity index (χ1v) is 8.60. The molecule has 0 bridgehead atoms. The number of nitrogen functional groups attached to an aromatic ring is 1. The molecule has 0 aliphatic carbocycles. The molecule has 0 spiro atoms. The summed E-state index contributed by atoms with van der Waals surface area (Å²) in [5.74, 6) is -0.0123. The number of rotatable bonds is 4. The second-order valence-corrected chi connectivity index (χ2v) is 7.56. The highest BCUT2D eigenvalue weighted by Gasteiger charge is 2.40. The lowest BCUT2D eigenvalue weighted by Gasteiger charge is -2.24. The van der Waals surface area contributed by atoms with E-state index in [0.717, 1.165) is 16.1 Å². The van der Waals surface area contributed by atoms with Gasteiger partial charge in [0.25, 0.3) is 11.3 Å². The molecule has 0 aliphatic heterocycles. The van der Waals surface area contributed by atoms with Gasteiger partial charge in [-0.15, -0.1) is 0 Å². The minimum absolute atomic E-state index is 0.000103. The van der Waals surface area contributed by atoms with E-state index in [4.69, 9.17) is 5.73 Å². The van der Waals surface area contributed by atoms with Crippen LogP contribution in [0.5, 0.6) is 0 Å². The van der Waals surface area contributed by atoms with Gasteiger partial charge in [-0.2, -0.15) is 22.7 Å². The van der Waals surface area contributed by atoms with E-state index in [1.807, 2.05) is 20.8 Å². The number of halogens is 3. The van der Waals surface area contributed by atoms with E-state index < -0.39 is 17.8 Å². The van der Waals surface area contributed by atoms with Crippen LogP contribution in [0.25, 0.3) is 5.78 Å². The smallest absolute Gasteiger partial charge is 0.368 e. The van der Waals surface area contributed by atoms with Gasteiger partial charge in [-0.3, -0.25) is 15.2 Å². The molecule has 0 saturated carbocycles. The summed E-state index contributed by atoms with van der Waals surface area (Å²) in [4.78, 5) is 19.9. The van der Waals surface area contributed by atoms with Crippen LogP contribution in [0.2, 0.25) is 0 Å². The SMILES string of the molecule is CC(C)(C)c1ccc(C(NCc2cc(=O)n3[nH]c(N)nc3n2)C(F)(F)F)cc1. The Labute approximate surface area is 158 Å². The van der Waals surface area contributed by atoms with Crippen molar-refractivity contribution in [1.82, 2.24) is 24.9 Å². The Morgan fingerprint density at radius 2 is 1.82 bits per heavy atom. The van der Waals surface area contributed by atoms with Gasteiger partial charge in [0.2, 0.25) is 5.95 Å². The van der Waals surface area contributed by atoms with Gasteiger partial charge in [-0.1, -0.05) is 45.0 Å². The van der Waals surface area contributed by atoms with E-state index in [-0.39, 0.29) is 34.9 Å². The number of nitrogens with one attached hydrogen (secondary N) is 2. The van der Waals surface area contributed by atoms with E-state index in [0.29, 0.717) is 0 Å². The molecular formula is C18H21F3N6O. The minimum atomic E-state index is -4.51. The van der Waals surface area contributed by atoms with Crippen molar-refractivity contribution in [3.8, 4) is 0 Å². The van der Waals surface area contributed by atoms with Crippen molar-refractivity contribution >= 4 is 11.7 Å². The quantitative estimate of drug-likeness (QED) is 0.632. The molecule has 1 unspecified atom stereocenters. The Hall–Kier alpha value is -2.88. The van der Waals surface area contributed by atoms with Gasteiger partial charge in [0.05, 0.1) is 5.69 Å². The summed E-state index contributed by atoms with van der Waals surface area (Å²) in [5, 5.41) is 4.94. The van der Waals surface area contributed by atoms with E-state index >= 15 is 0 Å². The molecule has 7 nitrogen and oxygen atoms in total. The summed E-state index contributed by atoms with van der Waals surface area (Å²) in [6.45, 7) is 5.71. The number of alkyl halides is 3. The zero-order valence-corrected chi connectivity index (χ0v) is 15.6. The van der Waals surface area contributed by atoms with Crippen LogP contribution in [-0.2, 0) is 12.0 Å². The third kappa shape index (κ3) is 4.16. The van der Waals surface area contributed by atoms with Crippen LogP contribution in [0.15, 0.2) is 35.1 Å². The summed E-state index contributed by atoms with van der Waals surface area (Å²) in [6, 6.07) is 5.55. The van der Waals surface area contributed by atoms with Crippen molar-refractivity contribution < 1.29 is 13.2 Å². The predicted molar refractivity (Wildman–Crippen MR) is 98.8 cm³/mol. The second kappa shape index (κ2) is 6.93. The highest BCUT2D eigenvalue weighted by Crippen LogP contribution is 2.34. The van der Waals surface area contributed by atoms with Crippen LogP contribution < -0.4 is 16.6 Å². The molecule has 0 fully saturated rings. The van der Waals surface area contributed by atoms with Gasteiger partial charge >= 0.3 is 6.18 Å². The zero-order chi connectivity index (χ0) is 20.7. The molecule has 4 N–H and O–H groups in total. The summed E-state index contributed by atoms with van der Waals surface area (Å²) in [7, 11) is 0. The molecule has 0 amide bonds. The number of hydrogen-bond acceptors (Lipinski definition) is 5. The molecule has 2 heterocycles. The van der Waals surface area contributed by atoms with E-state index in [9.17, 15) is 18.0 Å². The number of H-pyrrole nitrogens is 1. The number of aromatic nitrogens is 4. The number of nitrogens with zero attached hydrogens (tertiary/aromatic N) is 3. The zero-order valence-electron chi connectivity index (χ0n) is 15.6. The molecule has 10 heteroatoms. The fourth-order valence-electron chi connectivity index (χ4n) is 2.84. The number of hydrogen-bond donors (Lipinski definition) is 3. The lowest BCUT2D eigenvalue weighted by molar-refractivity contribution is -0.158. The fraction of sp³-hybridized carbons (Fsp3) is 0.389. The second-order valence-electron chi connectivity index (χ2n) is 7.56. The van der Waals surface area contributed by atoms with Crippen LogP contribution >= 0.6 is 0 Å². The molecule has 28 heavy (non-hydrogen) atoms. The van der Waals surface area contributed by atoms with Crippen molar-refractivity contribution in [2.45, 2.75) is 44.9 Å². The summed E-state index contributed by atoms with van der Waals surface area (Å²) < 4.78 is 41.8. The van der Waals surface area contributed by atoms with Crippen LogP contribution in [-0.4, -0.2) is 25.8 Å². The van der Waals surface area contributed by atoms with Gasteiger partial charge in [-0.25, -0.2) is 4.98 Å². The van der Waals surface area contributed by atoms with Crippen LogP contribution in [0, 0.1) is 0 Å². The van der Waals surface area contributed by atoms with Gasteiger partial charge < -0.3 is 5.73 Å². The van der Waals surface area contributed by atoms with Crippen LogP contribution in [0.3, 0.4) is 0 Å². The average Bonchev–Trinajstić information content (AvgIpc) is 2.94. The third-order valence-corrected chi connectivity index (χ3v) is 4.33. The number of aromatic amines is 1. The Morgan fingerprint density at radius 1 is 1.18 bits per heavy atom. The van der Waals surface area contributed by atoms with E-state index in [1.165, 1.54) is 12.1 Å². The Bertz CT molecular complexity index is 1030. The maximum atomic E-state index is 13.6. The first-order valence-electron chi connectivity index (χ1n) is 8.60. The van der Waals surface area contributed by atoms with Crippen molar-refractivity contribution in [1.29, 1.82) is 0 Å². The number of nitrogens with two attached hydrogens (primary N) is 1. The van der Waals surface area contributed by atoms with Crippen molar-refractivity contribution in [2.75, 3.05) is 5.73 Å². The van der Waals surface area contributed by atoms with Gasteiger partial charge in [-0.05, 0) is 16.5 Å². The van der Waals surface area contributed by atoms with Gasteiger partial charge in [0, 0.05) is 12.6 Å². The fourth-order valence-corrected chi connectivity index (χ4v) is 2.84. The Morgan fingerprint density at radius 3 is 2.39 bits per heavy atom. The topological polar surface area (TPSA) is 101 Å². The molecule has 1 atom stereocenters. The number of anilines is 1. The molecule has 1 aromatic carbocycles. The molecule has 3 rings (SSSR count). The average molecular weight is 394 g/mol. The van der Waals surface area contributed by atoms with Crippen LogP contribution in [0.1, 0.15) is 43.6 Å². The molecule has 0 radical (unpaired) electrons. The number of fused-ring (bicyclic) bond motifs is 1. The molecular weight excluding hydrogens is 373 g/mol. The maximum Gasteiger partial charge on any atom is 0.407 e. The standard InChI is InChI=1S/C18H21F3N6O/c1-17(2,3)11-6-4-10(5-7-11)14(18(19,20)21)23-9-12-8-13(28)27-16(24-12)25-15(22)26-27/h4-8,14,23H,9H2,1-3H3,(H3,22,24,25,26).